The summed E-state index contributed by atoms with van der Waals surface area (Å²) in [6.07, 6.45) is 17.4. The van der Waals surface area contributed by atoms with Crippen molar-refractivity contribution in [1.82, 2.24) is 0 Å². The van der Waals surface area contributed by atoms with Crippen LogP contribution in [0.1, 0.15) is 84.5 Å². The van der Waals surface area contributed by atoms with Crippen molar-refractivity contribution < 1.29 is 14.0 Å². The van der Waals surface area contributed by atoms with Gasteiger partial charge in [0.05, 0.1) is 28.0 Å². The summed E-state index contributed by atoms with van der Waals surface area (Å²) in [5.41, 5.74) is 0. The van der Waals surface area contributed by atoms with Crippen molar-refractivity contribution in [3.05, 3.63) is 30.3 Å². The lowest BCUT2D eigenvalue weighted by atomic mass is 10.1. The maximum Gasteiger partial charge on any atom is 0.123 e. The van der Waals surface area contributed by atoms with E-state index < -0.39 is 8.15 Å². The van der Waals surface area contributed by atoms with Crippen LogP contribution in [0.15, 0.2) is 30.3 Å². The van der Waals surface area contributed by atoms with E-state index >= 15 is 0 Å². The topological polar surface area (TPSA) is 27.7 Å². The number of ether oxygens (including phenoxy) is 2. The largest absolute Gasteiger partial charge is 0.474 e. The van der Waals surface area contributed by atoms with Gasteiger partial charge in [0.15, 0.2) is 0 Å². The summed E-state index contributed by atoms with van der Waals surface area (Å²) < 4.78 is 17.3. The first-order chi connectivity index (χ1) is 14.4. The van der Waals surface area contributed by atoms with E-state index in [4.69, 9.17) is 14.0 Å². The van der Waals surface area contributed by atoms with E-state index in [1.54, 1.807) is 0 Å². The molecule has 1 unspecified atom stereocenters. The zero-order chi connectivity index (χ0) is 20.8. The van der Waals surface area contributed by atoms with Crippen molar-refractivity contribution in [2.45, 2.75) is 84.5 Å². The molecule has 29 heavy (non-hydrogen) atoms. The second-order valence-electron chi connectivity index (χ2n) is 7.68. The second kappa shape index (κ2) is 20.6. The van der Waals surface area contributed by atoms with E-state index in [0.29, 0.717) is 13.2 Å². The van der Waals surface area contributed by atoms with Crippen LogP contribution in [0, 0.1) is 0 Å². The molecular formula is C25H45O3P. The van der Waals surface area contributed by atoms with Gasteiger partial charge in [0.25, 0.3) is 0 Å². The third-order valence-electron chi connectivity index (χ3n) is 5.05. The molecule has 1 rings (SSSR count). The zero-order valence-corrected chi connectivity index (χ0v) is 20.0. The van der Waals surface area contributed by atoms with Gasteiger partial charge in [-0.25, -0.2) is 0 Å². The Bertz CT molecular complexity index is 441. The van der Waals surface area contributed by atoms with Gasteiger partial charge < -0.3 is 14.0 Å². The molecule has 3 nitrogen and oxygen atoms in total. The molecular weight excluding hydrogens is 379 g/mol. The lowest BCUT2D eigenvalue weighted by Gasteiger charge is -2.19. The normalized spacial score (nSPS) is 12.2. The van der Waals surface area contributed by atoms with Crippen LogP contribution in [0.3, 0.4) is 0 Å². The van der Waals surface area contributed by atoms with Gasteiger partial charge in [-0.05, 0) is 25.5 Å². The summed E-state index contributed by atoms with van der Waals surface area (Å²) >= 11 is 0. The summed E-state index contributed by atoms with van der Waals surface area (Å²) in [5.74, 6) is 0.996. The minimum atomic E-state index is -0.464. The molecule has 0 heterocycles. The molecule has 0 spiro atoms. The van der Waals surface area contributed by atoms with Crippen molar-refractivity contribution in [2.75, 3.05) is 38.8 Å². The van der Waals surface area contributed by atoms with Crippen molar-refractivity contribution in [2.24, 2.45) is 0 Å². The first-order valence-corrected chi connectivity index (χ1v) is 13.6. The van der Waals surface area contributed by atoms with Crippen LogP contribution in [0.4, 0.5) is 0 Å². The molecule has 1 aromatic rings. The Hall–Kier alpha value is -0.630. The Labute approximate surface area is 181 Å². The Morgan fingerprint density at radius 3 is 1.83 bits per heavy atom. The zero-order valence-electron chi connectivity index (χ0n) is 19.1. The molecule has 0 radical (unpaired) electrons. The lowest BCUT2D eigenvalue weighted by molar-refractivity contribution is 0.0589. The quantitative estimate of drug-likeness (QED) is 0.149. The van der Waals surface area contributed by atoms with E-state index in [-0.39, 0.29) is 0 Å². The van der Waals surface area contributed by atoms with Gasteiger partial charge in [-0.2, -0.15) is 0 Å². The Balaban J connectivity index is 2.11. The van der Waals surface area contributed by atoms with Crippen LogP contribution in [-0.2, 0) is 9.47 Å². The summed E-state index contributed by atoms with van der Waals surface area (Å²) in [7, 11) is -0.464. The number of para-hydroxylation sites is 1. The highest BCUT2D eigenvalue weighted by Crippen LogP contribution is 2.39. The van der Waals surface area contributed by atoms with E-state index in [0.717, 1.165) is 25.1 Å². The number of hydrogen-bond acceptors (Lipinski definition) is 3. The SMILES string of the molecule is CCCCCCCCCCCCCP(CCOCCOCC)Oc1ccccc1. The minimum Gasteiger partial charge on any atom is -0.474 e. The molecule has 0 aliphatic rings. The Morgan fingerprint density at radius 1 is 0.621 bits per heavy atom. The second-order valence-corrected chi connectivity index (χ2v) is 9.72. The van der Waals surface area contributed by atoms with E-state index in [2.05, 4.69) is 19.1 Å². The average Bonchev–Trinajstić information content (AvgIpc) is 2.75. The Morgan fingerprint density at radius 2 is 1.21 bits per heavy atom. The standard InChI is InChI=1S/C25H45O3P/c1-3-5-6-7-8-9-10-11-12-13-17-23-29(24-22-27-21-20-26-4-2)28-25-18-15-14-16-19-25/h14-16,18-19H,3-13,17,20-24H2,1-2H3. The molecule has 168 valence electrons. The number of hydrogen-bond donors (Lipinski definition) is 0. The van der Waals surface area contributed by atoms with Gasteiger partial charge in [-0.15, -0.1) is 0 Å². The van der Waals surface area contributed by atoms with Gasteiger partial charge in [0.2, 0.25) is 0 Å². The highest BCUT2D eigenvalue weighted by molar-refractivity contribution is 7.52. The van der Waals surface area contributed by atoms with Crippen LogP contribution in [0.5, 0.6) is 5.75 Å². The van der Waals surface area contributed by atoms with Crippen LogP contribution in [0.2, 0.25) is 0 Å². The molecule has 0 bridgehead atoms. The summed E-state index contributed by atoms with van der Waals surface area (Å²) in [4.78, 5) is 0. The van der Waals surface area contributed by atoms with E-state index in [9.17, 15) is 0 Å². The van der Waals surface area contributed by atoms with Gasteiger partial charge in [0, 0.05) is 18.9 Å². The Kier molecular flexibility index (Phi) is 18.8. The molecule has 0 amide bonds. The highest BCUT2D eigenvalue weighted by atomic mass is 31.1. The molecule has 0 N–H and O–H groups in total. The van der Waals surface area contributed by atoms with Gasteiger partial charge in [-0.1, -0.05) is 89.3 Å². The molecule has 0 saturated carbocycles. The molecule has 0 aliphatic heterocycles. The predicted octanol–water partition coefficient (Wildman–Crippen LogP) is 7.83. The van der Waals surface area contributed by atoms with E-state index in [1.807, 2.05) is 25.1 Å². The average molecular weight is 425 g/mol. The lowest BCUT2D eigenvalue weighted by Crippen LogP contribution is -2.09. The predicted molar refractivity (Wildman–Crippen MR) is 127 cm³/mol. The maximum absolute atomic E-state index is 6.29. The molecule has 0 aliphatic carbocycles. The van der Waals surface area contributed by atoms with Gasteiger partial charge in [0.1, 0.15) is 5.75 Å². The molecule has 0 fully saturated rings. The minimum absolute atomic E-state index is 0.464. The van der Waals surface area contributed by atoms with Crippen LogP contribution in [0.25, 0.3) is 0 Å². The molecule has 0 aromatic heterocycles. The van der Waals surface area contributed by atoms with Crippen molar-refractivity contribution in [3.63, 3.8) is 0 Å². The van der Waals surface area contributed by atoms with Crippen molar-refractivity contribution in [3.8, 4) is 5.75 Å². The van der Waals surface area contributed by atoms with Gasteiger partial charge >= 0.3 is 0 Å². The van der Waals surface area contributed by atoms with Crippen LogP contribution in [-0.4, -0.2) is 38.8 Å². The van der Waals surface area contributed by atoms with Gasteiger partial charge in [-0.3, -0.25) is 0 Å². The number of unbranched alkanes of at least 4 members (excludes halogenated alkanes) is 10. The monoisotopic (exact) mass is 424 g/mol. The van der Waals surface area contributed by atoms with Crippen molar-refractivity contribution in [1.29, 1.82) is 0 Å². The summed E-state index contributed by atoms with van der Waals surface area (Å²) in [5, 5.41) is 0. The molecule has 1 aromatic carbocycles. The highest BCUT2D eigenvalue weighted by Gasteiger charge is 2.11. The molecule has 1 atom stereocenters. The van der Waals surface area contributed by atoms with Crippen LogP contribution < -0.4 is 4.52 Å². The fourth-order valence-corrected chi connectivity index (χ4v) is 5.05. The fourth-order valence-electron chi connectivity index (χ4n) is 3.32. The molecule has 4 heteroatoms. The number of rotatable bonds is 21. The number of benzene rings is 1. The third-order valence-corrected chi connectivity index (χ3v) is 7.02. The first kappa shape index (κ1) is 26.4. The maximum atomic E-state index is 6.29. The van der Waals surface area contributed by atoms with Crippen LogP contribution >= 0.6 is 8.15 Å². The first-order valence-electron chi connectivity index (χ1n) is 12.0. The van der Waals surface area contributed by atoms with E-state index in [1.165, 1.54) is 76.8 Å². The third kappa shape index (κ3) is 16.8. The van der Waals surface area contributed by atoms with Crippen molar-refractivity contribution >= 4 is 8.15 Å². The smallest absolute Gasteiger partial charge is 0.123 e. The fraction of sp³-hybridized carbons (Fsp3) is 0.760. The molecule has 0 saturated heterocycles. The summed E-state index contributed by atoms with van der Waals surface area (Å²) in [6, 6.07) is 10.3. The summed E-state index contributed by atoms with van der Waals surface area (Å²) in [6.45, 7) is 7.19.